The standard InChI is InChI=1S/C13H21N3O2/c1-10(2)16-7-5-12(14-16)9-15-6-3-4-11(8-15)13(17)18/h5,7,10-11H,3-4,6,8-9H2,1-2H3,(H,17,18). The molecule has 100 valence electrons. The van der Waals surface area contributed by atoms with E-state index in [-0.39, 0.29) is 5.92 Å². The fourth-order valence-electron chi connectivity index (χ4n) is 2.38. The zero-order valence-electron chi connectivity index (χ0n) is 11.0. The topological polar surface area (TPSA) is 58.4 Å². The van der Waals surface area contributed by atoms with Crippen LogP contribution in [0.5, 0.6) is 0 Å². The van der Waals surface area contributed by atoms with Gasteiger partial charge in [-0.2, -0.15) is 5.10 Å². The number of hydrogen-bond acceptors (Lipinski definition) is 3. The van der Waals surface area contributed by atoms with Crippen molar-refractivity contribution in [1.82, 2.24) is 14.7 Å². The fourth-order valence-corrected chi connectivity index (χ4v) is 2.38. The van der Waals surface area contributed by atoms with E-state index in [1.165, 1.54) is 0 Å². The molecule has 1 fully saturated rings. The van der Waals surface area contributed by atoms with Crippen LogP contribution in [-0.2, 0) is 11.3 Å². The van der Waals surface area contributed by atoms with Crippen LogP contribution >= 0.6 is 0 Å². The molecule has 0 spiro atoms. The molecule has 0 bridgehead atoms. The van der Waals surface area contributed by atoms with E-state index in [9.17, 15) is 4.79 Å². The van der Waals surface area contributed by atoms with Gasteiger partial charge in [-0.05, 0) is 39.3 Å². The average Bonchev–Trinajstić information content (AvgIpc) is 2.78. The van der Waals surface area contributed by atoms with Crippen LogP contribution in [0.4, 0.5) is 0 Å². The molecular formula is C13H21N3O2. The Bertz CT molecular complexity index is 414. The average molecular weight is 251 g/mol. The highest BCUT2D eigenvalue weighted by Gasteiger charge is 2.25. The molecule has 0 radical (unpaired) electrons. The van der Waals surface area contributed by atoms with Gasteiger partial charge in [0.05, 0.1) is 11.6 Å². The molecule has 0 saturated carbocycles. The molecule has 1 aromatic rings. The Labute approximate surface area is 107 Å². The molecular weight excluding hydrogens is 230 g/mol. The first-order valence-corrected chi connectivity index (χ1v) is 6.55. The van der Waals surface area contributed by atoms with Gasteiger partial charge in [-0.25, -0.2) is 0 Å². The van der Waals surface area contributed by atoms with Crippen molar-refractivity contribution >= 4 is 5.97 Å². The first-order chi connectivity index (χ1) is 8.56. The number of hydrogen-bond donors (Lipinski definition) is 1. The SMILES string of the molecule is CC(C)n1ccc(CN2CCCC(C(=O)O)C2)n1. The molecule has 1 saturated heterocycles. The largest absolute Gasteiger partial charge is 0.481 e. The van der Waals surface area contributed by atoms with Gasteiger partial charge < -0.3 is 5.11 Å². The van der Waals surface area contributed by atoms with Crippen LogP contribution in [0.1, 0.15) is 38.4 Å². The normalized spacial score (nSPS) is 21.4. The van der Waals surface area contributed by atoms with Crippen molar-refractivity contribution in [3.05, 3.63) is 18.0 Å². The van der Waals surface area contributed by atoms with Crippen molar-refractivity contribution in [3.63, 3.8) is 0 Å². The molecule has 0 amide bonds. The van der Waals surface area contributed by atoms with Crippen molar-refractivity contribution in [2.24, 2.45) is 5.92 Å². The van der Waals surface area contributed by atoms with Crippen molar-refractivity contribution in [2.75, 3.05) is 13.1 Å². The predicted molar refractivity (Wildman–Crippen MR) is 68.2 cm³/mol. The number of piperidine rings is 1. The van der Waals surface area contributed by atoms with Crippen molar-refractivity contribution in [2.45, 2.75) is 39.3 Å². The van der Waals surface area contributed by atoms with Gasteiger partial charge in [0.1, 0.15) is 0 Å². The zero-order valence-corrected chi connectivity index (χ0v) is 11.0. The third kappa shape index (κ3) is 3.10. The molecule has 2 rings (SSSR count). The highest BCUT2D eigenvalue weighted by atomic mass is 16.4. The summed E-state index contributed by atoms with van der Waals surface area (Å²) in [6, 6.07) is 2.39. The molecule has 0 aliphatic carbocycles. The molecule has 1 aromatic heterocycles. The first kappa shape index (κ1) is 13.1. The van der Waals surface area contributed by atoms with E-state index in [1.54, 1.807) is 0 Å². The lowest BCUT2D eigenvalue weighted by Crippen LogP contribution is -2.38. The zero-order chi connectivity index (χ0) is 13.1. The summed E-state index contributed by atoms with van der Waals surface area (Å²) in [6.45, 7) is 6.56. The second-order valence-electron chi connectivity index (χ2n) is 5.29. The van der Waals surface area contributed by atoms with Gasteiger partial charge in [0.25, 0.3) is 0 Å². The molecule has 18 heavy (non-hydrogen) atoms. The van der Waals surface area contributed by atoms with Gasteiger partial charge in [0.15, 0.2) is 0 Å². The lowest BCUT2D eigenvalue weighted by molar-refractivity contribution is -0.143. The Morgan fingerprint density at radius 1 is 1.61 bits per heavy atom. The lowest BCUT2D eigenvalue weighted by atomic mass is 9.98. The van der Waals surface area contributed by atoms with Gasteiger partial charge in [-0.15, -0.1) is 0 Å². The third-order valence-corrected chi connectivity index (χ3v) is 3.43. The Morgan fingerprint density at radius 2 is 2.39 bits per heavy atom. The van der Waals surface area contributed by atoms with Crippen LogP contribution < -0.4 is 0 Å². The van der Waals surface area contributed by atoms with Gasteiger partial charge in [0, 0.05) is 25.3 Å². The molecule has 5 heteroatoms. The van der Waals surface area contributed by atoms with E-state index in [0.717, 1.165) is 31.6 Å². The Hall–Kier alpha value is -1.36. The summed E-state index contributed by atoms with van der Waals surface area (Å²) in [6.07, 6.45) is 3.74. The maximum Gasteiger partial charge on any atom is 0.307 e. The van der Waals surface area contributed by atoms with E-state index >= 15 is 0 Å². The van der Waals surface area contributed by atoms with E-state index in [1.807, 2.05) is 16.9 Å². The second kappa shape index (κ2) is 5.52. The van der Waals surface area contributed by atoms with Crippen LogP contribution in [-0.4, -0.2) is 38.8 Å². The maximum atomic E-state index is 11.0. The number of carboxylic acid groups (broad SMARTS) is 1. The van der Waals surface area contributed by atoms with Crippen LogP contribution in [0.2, 0.25) is 0 Å². The summed E-state index contributed by atoms with van der Waals surface area (Å²) >= 11 is 0. The summed E-state index contributed by atoms with van der Waals surface area (Å²) in [7, 11) is 0. The first-order valence-electron chi connectivity index (χ1n) is 6.55. The molecule has 1 N–H and O–H groups in total. The number of rotatable bonds is 4. The van der Waals surface area contributed by atoms with Crippen molar-refractivity contribution < 1.29 is 9.90 Å². The summed E-state index contributed by atoms with van der Waals surface area (Å²) in [5.41, 5.74) is 1.02. The monoisotopic (exact) mass is 251 g/mol. The minimum Gasteiger partial charge on any atom is -0.481 e. The summed E-state index contributed by atoms with van der Waals surface area (Å²) in [5, 5.41) is 13.6. The molecule has 0 aromatic carbocycles. The second-order valence-corrected chi connectivity index (χ2v) is 5.29. The highest BCUT2D eigenvalue weighted by Crippen LogP contribution is 2.18. The van der Waals surface area contributed by atoms with Gasteiger partial charge in [-0.1, -0.05) is 0 Å². The van der Waals surface area contributed by atoms with E-state index in [0.29, 0.717) is 12.6 Å². The van der Waals surface area contributed by atoms with E-state index in [4.69, 9.17) is 5.11 Å². The molecule has 1 aliphatic heterocycles. The maximum absolute atomic E-state index is 11.0. The molecule has 1 aliphatic rings. The molecule has 2 heterocycles. The van der Waals surface area contributed by atoms with E-state index in [2.05, 4.69) is 23.8 Å². The van der Waals surface area contributed by atoms with Crippen molar-refractivity contribution in [3.8, 4) is 0 Å². The Balaban J connectivity index is 1.94. The van der Waals surface area contributed by atoms with E-state index < -0.39 is 5.97 Å². The van der Waals surface area contributed by atoms with Crippen molar-refractivity contribution in [1.29, 1.82) is 0 Å². The number of carbonyl (C=O) groups is 1. The van der Waals surface area contributed by atoms with Crippen LogP contribution in [0.25, 0.3) is 0 Å². The highest BCUT2D eigenvalue weighted by molar-refractivity contribution is 5.70. The number of aromatic nitrogens is 2. The van der Waals surface area contributed by atoms with Crippen LogP contribution in [0.3, 0.4) is 0 Å². The smallest absolute Gasteiger partial charge is 0.307 e. The lowest BCUT2D eigenvalue weighted by Gasteiger charge is -2.29. The molecule has 5 nitrogen and oxygen atoms in total. The number of carboxylic acids is 1. The summed E-state index contributed by atoms with van der Waals surface area (Å²) < 4.78 is 1.94. The summed E-state index contributed by atoms with van der Waals surface area (Å²) in [4.78, 5) is 13.2. The molecule has 1 atom stereocenters. The molecule has 1 unspecified atom stereocenters. The Kier molecular flexibility index (Phi) is 4.01. The van der Waals surface area contributed by atoms with Crippen LogP contribution in [0.15, 0.2) is 12.3 Å². The minimum atomic E-state index is -0.674. The Morgan fingerprint density at radius 3 is 3.00 bits per heavy atom. The van der Waals surface area contributed by atoms with Gasteiger partial charge >= 0.3 is 5.97 Å². The number of nitrogens with zero attached hydrogens (tertiary/aromatic N) is 3. The quantitative estimate of drug-likeness (QED) is 0.886. The van der Waals surface area contributed by atoms with Crippen LogP contribution in [0, 0.1) is 5.92 Å². The summed E-state index contributed by atoms with van der Waals surface area (Å²) in [5.74, 6) is -0.890. The van der Waals surface area contributed by atoms with Gasteiger partial charge in [0.2, 0.25) is 0 Å². The number of aliphatic carboxylic acids is 1. The number of likely N-dealkylation sites (tertiary alicyclic amines) is 1. The van der Waals surface area contributed by atoms with Gasteiger partial charge in [-0.3, -0.25) is 14.4 Å². The fraction of sp³-hybridized carbons (Fsp3) is 0.692. The third-order valence-electron chi connectivity index (χ3n) is 3.43. The predicted octanol–water partition coefficient (Wildman–Crippen LogP) is 1.76. The minimum absolute atomic E-state index is 0.217.